The zero-order valence-electron chi connectivity index (χ0n) is 14.6. The van der Waals surface area contributed by atoms with Crippen LogP contribution in [0.25, 0.3) is 0 Å². The maximum atomic E-state index is 12.2. The van der Waals surface area contributed by atoms with Crippen LogP contribution in [0.3, 0.4) is 0 Å². The lowest BCUT2D eigenvalue weighted by Crippen LogP contribution is -2.33. The Bertz CT molecular complexity index is 499. The predicted octanol–water partition coefficient (Wildman–Crippen LogP) is 3.97. The van der Waals surface area contributed by atoms with Gasteiger partial charge in [0.2, 0.25) is 0 Å². The molecule has 4 heteroatoms. The van der Waals surface area contributed by atoms with E-state index in [-0.39, 0.29) is 18.4 Å². The van der Waals surface area contributed by atoms with Gasteiger partial charge in [0.25, 0.3) is 5.91 Å². The standard InChI is InChI=1S/C19H29NO3/c1-4-5-6-7-8-9-13-23-18(21)15-20(3)19(22)17-12-10-11-16(2)14-17/h10-12,14H,4-9,13,15H2,1-3H3. The number of amides is 1. The van der Waals surface area contributed by atoms with Gasteiger partial charge in [0.1, 0.15) is 6.54 Å². The molecule has 0 aliphatic carbocycles. The van der Waals surface area contributed by atoms with Crippen molar-refractivity contribution in [2.75, 3.05) is 20.2 Å². The van der Waals surface area contributed by atoms with Crippen LogP contribution in [0.4, 0.5) is 0 Å². The summed E-state index contributed by atoms with van der Waals surface area (Å²) in [4.78, 5) is 25.4. The Morgan fingerprint density at radius 2 is 1.78 bits per heavy atom. The molecule has 1 aromatic rings. The zero-order valence-corrected chi connectivity index (χ0v) is 14.6. The van der Waals surface area contributed by atoms with Crippen LogP contribution in [0, 0.1) is 6.92 Å². The summed E-state index contributed by atoms with van der Waals surface area (Å²) in [6.07, 6.45) is 6.92. The average Bonchev–Trinajstić information content (AvgIpc) is 2.53. The third-order valence-electron chi connectivity index (χ3n) is 3.74. The SMILES string of the molecule is CCCCCCCCOC(=O)CN(C)C(=O)c1cccc(C)c1. The number of carbonyl (C=O) groups is 2. The molecule has 0 spiro atoms. The van der Waals surface area contributed by atoms with E-state index in [9.17, 15) is 9.59 Å². The third-order valence-corrected chi connectivity index (χ3v) is 3.74. The molecule has 23 heavy (non-hydrogen) atoms. The van der Waals surface area contributed by atoms with Gasteiger partial charge in [-0.25, -0.2) is 0 Å². The van der Waals surface area contributed by atoms with Crippen molar-refractivity contribution >= 4 is 11.9 Å². The highest BCUT2D eigenvalue weighted by Crippen LogP contribution is 2.07. The molecule has 4 nitrogen and oxygen atoms in total. The van der Waals surface area contributed by atoms with Crippen LogP contribution in [0.1, 0.15) is 61.4 Å². The van der Waals surface area contributed by atoms with Crippen LogP contribution in [0.2, 0.25) is 0 Å². The highest BCUT2D eigenvalue weighted by Gasteiger charge is 2.15. The first-order valence-electron chi connectivity index (χ1n) is 8.52. The summed E-state index contributed by atoms with van der Waals surface area (Å²) in [5.41, 5.74) is 1.62. The minimum atomic E-state index is -0.345. The molecule has 0 aliphatic heterocycles. The van der Waals surface area contributed by atoms with E-state index in [1.807, 2.05) is 25.1 Å². The number of unbranched alkanes of at least 4 members (excludes halogenated alkanes) is 5. The molecule has 1 aromatic carbocycles. The van der Waals surface area contributed by atoms with Crippen LogP contribution < -0.4 is 0 Å². The second-order valence-corrected chi connectivity index (χ2v) is 6.02. The molecular weight excluding hydrogens is 290 g/mol. The fourth-order valence-electron chi connectivity index (χ4n) is 2.38. The van der Waals surface area contributed by atoms with Gasteiger partial charge in [0.05, 0.1) is 6.61 Å². The van der Waals surface area contributed by atoms with E-state index in [4.69, 9.17) is 4.74 Å². The van der Waals surface area contributed by atoms with Crippen molar-refractivity contribution in [3.05, 3.63) is 35.4 Å². The van der Waals surface area contributed by atoms with Crippen molar-refractivity contribution < 1.29 is 14.3 Å². The minimum Gasteiger partial charge on any atom is -0.464 e. The van der Waals surface area contributed by atoms with Gasteiger partial charge in [-0.05, 0) is 25.5 Å². The Labute approximate surface area is 139 Å². The zero-order chi connectivity index (χ0) is 17.1. The molecule has 0 bridgehead atoms. The molecular formula is C19H29NO3. The first-order valence-corrected chi connectivity index (χ1v) is 8.52. The smallest absolute Gasteiger partial charge is 0.325 e. The lowest BCUT2D eigenvalue weighted by molar-refractivity contribution is -0.144. The van der Waals surface area contributed by atoms with Gasteiger partial charge in [-0.3, -0.25) is 9.59 Å². The van der Waals surface area contributed by atoms with Gasteiger partial charge >= 0.3 is 5.97 Å². The number of carbonyl (C=O) groups excluding carboxylic acids is 2. The second kappa shape index (κ2) is 10.8. The molecule has 0 fully saturated rings. The van der Waals surface area contributed by atoms with Crippen LogP contribution in [0.15, 0.2) is 24.3 Å². The van der Waals surface area contributed by atoms with Crippen molar-refractivity contribution in [3.63, 3.8) is 0 Å². The van der Waals surface area contributed by atoms with Crippen LogP contribution in [0.5, 0.6) is 0 Å². The van der Waals surface area contributed by atoms with E-state index in [1.165, 1.54) is 30.6 Å². The Balaban J connectivity index is 2.24. The molecule has 0 heterocycles. The number of nitrogens with zero attached hydrogens (tertiary/aromatic N) is 1. The minimum absolute atomic E-state index is 0.0113. The van der Waals surface area contributed by atoms with E-state index < -0.39 is 0 Å². The number of aryl methyl sites for hydroxylation is 1. The summed E-state index contributed by atoms with van der Waals surface area (Å²) in [5.74, 6) is -0.507. The maximum absolute atomic E-state index is 12.2. The first-order chi connectivity index (χ1) is 11.0. The average molecular weight is 319 g/mol. The van der Waals surface area contributed by atoms with Crippen LogP contribution in [-0.2, 0) is 9.53 Å². The van der Waals surface area contributed by atoms with Gasteiger partial charge in [0, 0.05) is 12.6 Å². The molecule has 0 saturated carbocycles. The summed E-state index contributed by atoms with van der Waals surface area (Å²) in [6.45, 7) is 4.56. The predicted molar refractivity (Wildman–Crippen MR) is 92.5 cm³/mol. The van der Waals surface area contributed by atoms with Crippen LogP contribution >= 0.6 is 0 Å². The summed E-state index contributed by atoms with van der Waals surface area (Å²) < 4.78 is 5.20. The fourth-order valence-corrected chi connectivity index (χ4v) is 2.38. The number of ether oxygens (including phenoxy) is 1. The molecule has 0 radical (unpaired) electrons. The first kappa shape index (κ1) is 19.2. The van der Waals surface area contributed by atoms with Gasteiger partial charge in [-0.2, -0.15) is 0 Å². The van der Waals surface area contributed by atoms with Crippen molar-refractivity contribution in [1.82, 2.24) is 4.90 Å². The molecule has 0 saturated heterocycles. The monoisotopic (exact) mass is 319 g/mol. The number of likely N-dealkylation sites (N-methyl/N-ethyl adjacent to an activating group) is 1. The molecule has 0 unspecified atom stereocenters. The largest absolute Gasteiger partial charge is 0.464 e. The lowest BCUT2D eigenvalue weighted by atomic mass is 10.1. The maximum Gasteiger partial charge on any atom is 0.325 e. The van der Waals surface area contributed by atoms with Crippen LogP contribution in [-0.4, -0.2) is 37.0 Å². The van der Waals surface area contributed by atoms with E-state index in [0.29, 0.717) is 12.2 Å². The van der Waals surface area contributed by atoms with Crippen molar-refractivity contribution in [3.8, 4) is 0 Å². The van der Waals surface area contributed by atoms with E-state index in [2.05, 4.69) is 6.92 Å². The summed E-state index contributed by atoms with van der Waals surface area (Å²) >= 11 is 0. The Morgan fingerprint density at radius 3 is 2.48 bits per heavy atom. The van der Waals surface area contributed by atoms with E-state index in [1.54, 1.807) is 13.1 Å². The molecule has 128 valence electrons. The summed E-state index contributed by atoms with van der Waals surface area (Å²) in [7, 11) is 1.62. The summed E-state index contributed by atoms with van der Waals surface area (Å²) in [5, 5.41) is 0. The van der Waals surface area contributed by atoms with Gasteiger partial charge in [0.15, 0.2) is 0 Å². The van der Waals surface area contributed by atoms with Crippen molar-refractivity contribution in [1.29, 1.82) is 0 Å². The second-order valence-electron chi connectivity index (χ2n) is 6.02. The number of benzene rings is 1. The molecule has 1 amide bonds. The van der Waals surface area contributed by atoms with Crippen molar-refractivity contribution in [2.45, 2.75) is 52.4 Å². The Hall–Kier alpha value is -1.84. The van der Waals surface area contributed by atoms with E-state index in [0.717, 1.165) is 18.4 Å². The van der Waals surface area contributed by atoms with Gasteiger partial charge in [-0.15, -0.1) is 0 Å². The van der Waals surface area contributed by atoms with E-state index >= 15 is 0 Å². The summed E-state index contributed by atoms with van der Waals surface area (Å²) in [6, 6.07) is 7.35. The third kappa shape index (κ3) is 7.82. The van der Waals surface area contributed by atoms with Gasteiger partial charge in [-0.1, -0.05) is 56.7 Å². The molecule has 0 N–H and O–H groups in total. The topological polar surface area (TPSA) is 46.6 Å². The molecule has 0 atom stereocenters. The quantitative estimate of drug-likeness (QED) is 0.484. The lowest BCUT2D eigenvalue weighted by Gasteiger charge is -2.16. The Morgan fingerprint density at radius 1 is 1.09 bits per heavy atom. The highest BCUT2D eigenvalue weighted by atomic mass is 16.5. The molecule has 0 aromatic heterocycles. The number of hydrogen-bond donors (Lipinski definition) is 0. The number of esters is 1. The Kier molecular flexibility index (Phi) is 9.03. The fraction of sp³-hybridized carbons (Fsp3) is 0.579. The molecule has 0 aliphatic rings. The highest BCUT2D eigenvalue weighted by molar-refractivity contribution is 5.95. The number of hydrogen-bond acceptors (Lipinski definition) is 3. The normalized spacial score (nSPS) is 10.4. The van der Waals surface area contributed by atoms with Crippen molar-refractivity contribution in [2.24, 2.45) is 0 Å². The van der Waals surface area contributed by atoms with Gasteiger partial charge < -0.3 is 9.64 Å². The molecule has 1 rings (SSSR count). The number of rotatable bonds is 10.